The minimum absolute atomic E-state index is 0.102. The number of methoxy groups -OCH3 is 1. The number of esters is 1. The number of aryl methyl sites for hydroxylation is 1. The van der Waals surface area contributed by atoms with Crippen LogP contribution in [0.25, 0.3) is 0 Å². The van der Waals surface area contributed by atoms with Crippen LogP contribution in [0.3, 0.4) is 0 Å². The van der Waals surface area contributed by atoms with Gasteiger partial charge in [0.1, 0.15) is 10.5 Å². The van der Waals surface area contributed by atoms with Crippen LogP contribution < -0.4 is 9.47 Å². The van der Waals surface area contributed by atoms with E-state index in [4.69, 9.17) is 9.47 Å². The number of hydrogen-bond acceptors (Lipinski definition) is 6. The molecule has 0 fully saturated rings. The Bertz CT molecular complexity index is 935. The molecule has 0 aliphatic rings. The molecule has 142 valence electrons. The highest BCUT2D eigenvalue weighted by molar-refractivity contribution is 7.90. The Hall–Kier alpha value is -2.56. The maximum absolute atomic E-state index is 13.2. The first kappa shape index (κ1) is 19.8. The van der Waals surface area contributed by atoms with Gasteiger partial charge in [-0.25, -0.2) is 13.2 Å². The molecule has 0 aliphatic heterocycles. The van der Waals surface area contributed by atoms with Crippen LogP contribution >= 0.6 is 0 Å². The third-order valence-corrected chi connectivity index (χ3v) is 4.54. The lowest BCUT2D eigenvalue weighted by atomic mass is 10.1. The Morgan fingerprint density at radius 1 is 1.31 bits per heavy atom. The summed E-state index contributed by atoms with van der Waals surface area (Å²) in [6.07, 6.45) is -3.77. The van der Waals surface area contributed by atoms with Crippen molar-refractivity contribution in [3.63, 3.8) is 0 Å². The fraction of sp³-hybridized carbons (Fsp3) is 0.333. The van der Waals surface area contributed by atoms with E-state index in [1.165, 1.54) is 6.07 Å². The predicted molar refractivity (Wildman–Crippen MR) is 84.0 cm³/mol. The van der Waals surface area contributed by atoms with E-state index >= 15 is 0 Å². The molecule has 0 saturated carbocycles. The van der Waals surface area contributed by atoms with E-state index in [1.807, 2.05) is 6.92 Å². The first-order valence-corrected chi connectivity index (χ1v) is 9.12. The van der Waals surface area contributed by atoms with Gasteiger partial charge in [-0.05, 0) is 18.6 Å². The molecule has 0 radical (unpaired) electrons. The molecule has 0 unspecified atom stereocenters. The second-order valence-corrected chi connectivity index (χ2v) is 7.22. The molecule has 1 N–H and O–H groups in total. The summed E-state index contributed by atoms with van der Waals surface area (Å²) in [4.78, 5) is 11.2. The molecule has 0 amide bonds. The van der Waals surface area contributed by atoms with Gasteiger partial charge in [-0.1, -0.05) is 6.92 Å². The average molecular weight is 392 g/mol. The standard InChI is InChI=1S/C15H15F3N2O5S/c1-4-8-7-11(20-19-8)25-14(21)9-5-6-10(15(16,17)18)13(12(9)24-2)26(3,22)23/h5-7H,4H2,1-3H3,(H,19,20). The zero-order valence-electron chi connectivity index (χ0n) is 14.0. The number of aromatic nitrogens is 2. The summed E-state index contributed by atoms with van der Waals surface area (Å²) in [7, 11) is -3.40. The molecule has 2 rings (SSSR count). The Kier molecular flexibility index (Phi) is 5.31. The van der Waals surface area contributed by atoms with Crippen molar-refractivity contribution in [2.45, 2.75) is 24.4 Å². The number of nitrogens with one attached hydrogen (secondary N) is 1. The topological polar surface area (TPSA) is 98.3 Å². The van der Waals surface area contributed by atoms with E-state index in [1.54, 1.807) is 0 Å². The molecule has 7 nitrogen and oxygen atoms in total. The van der Waals surface area contributed by atoms with Crippen molar-refractivity contribution < 1.29 is 35.9 Å². The number of aromatic amines is 1. The second kappa shape index (κ2) is 6.98. The first-order valence-electron chi connectivity index (χ1n) is 7.23. The third-order valence-electron chi connectivity index (χ3n) is 3.40. The Morgan fingerprint density at radius 3 is 2.42 bits per heavy atom. The highest BCUT2D eigenvalue weighted by Crippen LogP contribution is 2.40. The van der Waals surface area contributed by atoms with Gasteiger partial charge in [-0.15, -0.1) is 5.10 Å². The van der Waals surface area contributed by atoms with Crippen molar-refractivity contribution >= 4 is 15.8 Å². The van der Waals surface area contributed by atoms with Gasteiger partial charge in [-0.3, -0.25) is 5.10 Å². The lowest BCUT2D eigenvalue weighted by Crippen LogP contribution is -2.18. The van der Waals surface area contributed by atoms with Crippen molar-refractivity contribution in [3.05, 3.63) is 35.0 Å². The number of ether oxygens (including phenoxy) is 2. The van der Waals surface area contributed by atoms with E-state index in [2.05, 4.69) is 10.2 Å². The van der Waals surface area contributed by atoms with Crippen LogP contribution in [0, 0.1) is 0 Å². The van der Waals surface area contributed by atoms with Crippen molar-refractivity contribution in [2.24, 2.45) is 0 Å². The minimum Gasteiger partial charge on any atom is -0.494 e. The fourth-order valence-corrected chi connectivity index (χ4v) is 3.35. The number of nitrogens with zero attached hydrogens (tertiary/aromatic N) is 1. The van der Waals surface area contributed by atoms with E-state index in [0.717, 1.165) is 13.2 Å². The van der Waals surface area contributed by atoms with Gasteiger partial charge in [0.25, 0.3) is 0 Å². The summed E-state index contributed by atoms with van der Waals surface area (Å²) in [6, 6.07) is 2.73. The van der Waals surface area contributed by atoms with Crippen LogP contribution in [0.5, 0.6) is 11.6 Å². The Morgan fingerprint density at radius 2 is 1.96 bits per heavy atom. The van der Waals surface area contributed by atoms with Crippen molar-refractivity contribution in [3.8, 4) is 11.6 Å². The van der Waals surface area contributed by atoms with Gasteiger partial charge >= 0.3 is 12.1 Å². The number of sulfone groups is 1. The maximum atomic E-state index is 13.2. The van der Waals surface area contributed by atoms with Crippen LogP contribution in [-0.4, -0.2) is 38.0 Å². The number of carbonyl (C=O) groups excluding carboxylic acids is 1. The van der Waals surface area contributed by atoms with Gasteiger partial charge in [0.2, 0.25) is 5.88 Å². The number of alkyl halides is 3. The molecule has 11 heteroatoms. The lowest BCUT2D eigenvalue weighted by molar-refractivity contribution is -0.140. The largest absolute Gasteiger partial charge is 0.494 e. The molecule has 0 saturated heterocycles. The van der Waals surface area contributed by atoms with Gasteiger partial charge < -0.3 is 9.47 Å². The van der Waals surface area contributed by atoms with Gasteiger partial charge in [0.15, 0.2) is 15.6 Å². The summed E-state index contributed by atoms with van der Waals surface area (Å²) < 4.78 is 73.1. The molecule has 0 bridgehead atoms. The van der Waals surface area contributed by atoms with E-state index in [0.29, 0.717) is 24.4 Å². The number of hydrogen-bond donors (Lipinski definition) is 1. The number of carbonyl (C=O) groups is 1. The number of rotatable bonds is 5. The van der Waals surface area contributed by atoms with Gasteiger partial charge in [-0.2, -0.15) is 13.2 Å². The Balaban J connectivity index is 2.57. The number of benzene rings is 1. The van der Waals surface area contributed by atoms with Crippen LogP contribution in [0.4, 0.5) is 13.2 Å². The predicted octanol–water partition coefficient (Wildman–Crippen LogP) is 2.62. The van der Waals surface area contributed by atoms with E-state index in [-0.39, 0.29) is 5.88 Å². The van der Waals surface area contributed by atoms with Crippen LogP contribution in [0.1, 0.15) is 28.5 Å². The highest BCUT2D eigenvalue weighted by Gasteiger charge is 2.39. The first-order chi connectivity index (χ1) is 12.0. The van der Waals surface area contributed by atoms with Crippen LogP contribution in [0.15, 0.2) is 23.1 Å². The maximum Gasteiger partial charge on any atom is 0.417 e. The Labute approximate surface area is 147 Å². The highest BCUT2D eigenvalue weighted by atomic mass is 32.2. The molecule has 26 heavy (non-hydrogen) atoms. The second-order valence-electron chi connectivity index (χ2n) is 5.27. The monoisotopic (exact) mass is 392 g/mol. The molecule has 1 aromatic carbocycles. The zero-order valence-corrected chi connectivity index (χ0v) is 14.8. The molecule has 1 aromatic heterocycles. The normalized spacial score (nSPS) is 12.1. The lowest BCUT2D eigenvalue weighted by Gasteiger charge is -2.17. The summed E-state index contributed by atoms with van der Waals surface area (Å²) >= 11 is 0. The molecule has 1 heterocycles. The molecule has 0 spiro atoms. The average Bonchev–Trinajstić information content (AvgIpc) is 2.99. The quantitative estimate of drug-likeness (QED) is 0.786. The number of H-pyrrole nitrogens is 1. The van der Waals surface area contributed by atoms with Crippen LogP contribution in [0.2, 0.25) is 0 Å². The minimum atomic E-state index is -4.95. The summed E-state index contributed by atoms with van der Waals surface area (Å²) in [5.74, 6) is -1.94. The van der Waals surface area contributed by atoms with Crippen LogP contribution in [-0.2, 0) is 22.4 Å². The van der Waals surface area contributed by atoms with Crippen molar-refractivity contribution in [1.29, 1.82) is 0 Å². The summed E-state index contributed by atoms with van der Waals surface area (Å²) in [6.45, 7) is 1.83. The van der Waals surface area contributed by atoms with Crippen molar-refractivity contribution in [2.75, 3.05) is 13.4 Å². The number of halogens is 3. The SMILES string of the molecule is CCc1cc(OC(=O)c2ccc(C(F)(F)F)c(S(C)(=O)=O)c2OC)n[nH]1. The molecule has 0 aliphatic carbocycles. The summed E-state index contributed by atoms with van der Waals surface area (Å²) in [5.41, 5.74) is -1.23. The zero-order chi connectivity index (χ0) is 19.7. The molecule has 0 atom stereocenters. The fourth-order valence-electron chi connectivity index (χ4n) is 2.24. The third kappa shape index (κ3) is 3.98. The molecular weight excluding hydrogens is 377 g/mol. The van der Waals surface area contributed by atoms with E-state index in [9.17, 15) is 26.4 Å². The summed E-state index contributed by atoms with van der Waals surface area (Å²) in [5, 5.41) is 6.33. The van der Waals surface area contributed by atoms with Crippen molar-refractivity contribution in [1.82, 2.24) is 10.2 Å². The van der Waals surface area contributed by atoms with Gasteiger partial charge in [0, 0.05) is 18.0 Å². The molecule has 2 aromatic rings. The van der Waals surface area contributed by atoms with Gasteiger partial charge in [0.05, 0.1) is 12.7 Å². The smallest absolute Gasteiger partial charge is 0.417 e. The van der Waals surface area contributed by atoms with E-state index < -0.39 is 43.8 Å². The molecular formula is C15H15F3N2O5S.